The van der Waals surface area contributed by atoms with Crippen molar-refractivity contribution in [2.24, 2.45) is 0 Å². The molecule has 0 rings (SSSR count). The summed E-state index contributed by atoms with van der Waals surface area (Å²) in [5.74, 6) is 0. The van der Waals surface area contributed by atoms with Gasteiger partial charge in [-0.2, -0.15) is 0 Å². The molecule has 0 bridgehead atoms. The Kier molecular flexibility index (Phi) is 350. The van der Waals surface area contributed by atoms with Crippen LogP contribution in [0.3, 0.4) is 0 Å². The van der Waals surface area contributed by atoms with Crippen molar-refractivity contribution in [1.29, 1.82) is 0 Å². The molecule has 0 radical (unpaired) electrons. The van der Waals surface area contributed by atoms with Gasteiger partial charge in [-0.15, -0.1) is 0 Å². The van der Waals surface area contributed by atoms with Crippen LogP contribution in [0.5, 0.6) is 0 Å². The van der Waals surface area contributed by atoms with Crippen molar-refractivity contribution in [3.8, 4) is 0 Å². The van der Waals surface area contributed by atoms with E-state index in [1.165, 1.54) is 0 Å². The van der Waals surface area contributed by atoms with Crippen molar-refractivity contribution < 1.29 is 1770 Å². The van der Waals surface area contributed by atoms with E-state index in [2.05, 4.69) is 0 Å². The average Bonchev–Trinajstić information content (AvgIpc) is 3.06. The van der Waals surface area contributed by atoms with E-state index in [4.69, 9.17) is 408 Å². The third-order valence-electron chi connectivity index (χ3n) is 0. The van der Waals surface area contributed by atoms with Crippen molar-refractivity contribution in [2.75, 3.05) is 0 Å². The molecule has 0 aromatic rings. The summed E-state index contributed by atoms with van der Waals surface area (Å²) in [7, 11) is 0. The van der Waals surface area contributed by atoms with Gasteiger partial charge >= 0.3 is 1770 Å². The third-order valence-corrected chi connectivity index (χ3v) is 0. The monoisotopic (exact) mass is 3870 g/mol. The summed E-state index contributed by atoms with van der Waals surface area (Å²) < 4.78 is 892. The van der Waals surface area contributed by atoms with Crippen LogP contribution in [0, 0.1) is 0 Å². The topological polar surface area (TPSA) is 1930 Å². The zero-order chi connectivity index (χ0) is 117. The van der Waals surface area contributed by atoms with Gasteiger partial charge in [0.25, 0.3) is 0 Å². The normalized spacial score (nSPS) is 9.88. The molecule has 0 saturated carbocycles. The second kappa shape index (κ2) is 164. The van der Waals surface area contributed by atoms with Crippen molar-refractivity contribution >= 4 is 0 Å². The molecule has 0 unspecified atom stereocenters. The van der Waals surface area contributed by atoms with E-state index in [0.29, 0.717) is 0 Å². The summed E-state index contributed by atoms with van der Waals surface area (Å²) >= 11 is -146. The Morgan fingerprint density at radius 2 is 0.0467 bits per heavy atom. The molecule has 0 spiro atoms. The Balaban J connectivity index is -0.0000000170. The molecule has 0 N–H and O–H groups in total. The number of hydrogen-bond acceptors (Lipinski definition) is 104. The molecule has 0 saturated heterocycles. The van der Waals surface area contributed by atoms with E-state index < -0.39 is 337 Å². The Morgan fingerprint density at radius 3 is 0.0467 bits per heavy atom. The average molecular weight is 3870 g/mol. The molecule has 150 heteroatoms. The van der Waals surface area contributed by atoms with Crippen LogP contribution in [0.2, 0.25) is 0 Å². The van der Waals surface area contributed by atoms with Crippen LogP contribution < -0.4 is 1140 Å². The van der Waals surface area contributed by atoms with E-state index in [1.807, 2.05) is 0 Å². The van der Waals surface area contributed by atoms with Gasteiger partial charge in [0.1, 0.15) is 0 Å². The summed E-state index contributed by atoms with van der Waals surface area (Å²) in [6.45, 7) is 0. The van der Waals surface area contributed by atoms with Gasteiger partial charge in [0.05, 0.1) is 0 Å². The summed E-state index contributed by atoms with van der Waals surface area (Å²) in [4.78, 5) is 0. The molecule has 0 aliphatic heterocycles. The van der Waals surface area contributed by atoms with Crippen LogP contribution in [-0.2, 0) is 636 Å². The van der Waals surface area contributed by atoms with Crippen LogP contribution in [0.15, 0.2) is 0 Å². The van der Waals surface area contributed by atoms with Crippen molar-refractivity contribution in [3.05, 3.63) is 0 Å². The van der Waals surface area contributed by atoms with Crippen LogP contribution in [0.1, 0.15) is 0 Å². The second-order valence-corrected chi connectivity index (χ2v) is 40.5. The van der Waals surface area contributed by atoms with Crippen LogP contribution in [0.4, 0.5) is 0 Å². The molecule has 0 aromatic carbocycles. The first-order chi connectivity index (χ1) is 52.0. The van der Waals surface area contributed by atoms with Gasteiger partial charge in [-0.05, 0) is 0 Å². The van der Waals surface area contributed by atoms with Gasteiger partial charge in [-0.25, -0.2) is 0 Å². The Bertz CT molecular complexity index is 5900. The summed E-state index contributed by atoms with van der Waals surface area (Å²) in [6, 6.07) is 0. The van der Waals surface area contributed by atoms with Crippen LogP contribution >= 0.6 is 0 Å². The van der Waals surface area contributed by atoms with Gasteiger partial charge in [-0.3, -0.25) is 0 Å². The Morgan fingerprint density at radius 1 is 0.0467 bits per heavy atom. The van der Waals surface area contributed by atoms with Crippen LogP contribution in [-0.4, -0.2) is 0 Å². The number of rotatable bonds is 0. The summed E-state index contributed by atoms with van der Waals surface area (Å²) in [6.07, 6.45) is 0. The maximum absolute atomic E-state index is 8.58. The quantitative estimate of drug-likeness (QED) is 0.203. The van der Waals surface area contributed by atoms with E-state index >= 15 is 0 Å². The van der Waals surface area contributed by atoms with Gasteiger partial charge < -0.3 is 0 Å². The predicted octanol–water partition coefficient (Wildman–Crippen LogP) is -100. The third kappa shape index (κ3) is 6320. The fourth-order valence-corrected chi connectivity index (χ4v) is 0. The molecule has 0 fully saturated rings. The van der Waals surface area contributed by atoms with Gasteiger partial charge in [0.15, 0.2) is 0 Å². The molecular weight excluding hydrogens is 3870 g/mol. The first kappa shape index (κ1) is 321. The first-order valence-electron chi connectivity index (χ1n) is 16.0. The Hall–Kier alpha value is 29.6. The van der Waals surface area contributed by atoms with Crippen molar-refractivity contribution in [3.63, 3.8) is 0 Å². The maximum atomic E-state index is 8.58. The molecule has 0 heterocycles. The molecule has 0 aliphatic carbocycles. The molecule has 104 nitrogen and oxygen atoms in total. The fraction of sp³-hybridized carbons (Fsp3) is 0. The molecule has 0 aliphatic rings. The standard InChI is InChI=1S/20K.26Mn.104O/q20*+1;;;;;;;;;;;;;;;;;;;;;;;;;;;;;;;;;;;;;;;;;;;;;;;;;;;;;;;;;;;;;;;;;;;;;;;;;;;;;;;;;;;;;;;;;;;;;;;;;;;;;;;;;26*-1. The van der Waals surface area contributed by atoms with Crippen LogP contribution in [0.25, 0.3) is 0 Å². The minimum absolute atomic E-state index is 0. The first-order valence-corrected chi connectivity index (χ1v) is 66.2. The molecule has 0 atom stereocenters. The van der Waals surface area contributed by atoms with Gasteiger partial charge in [-0.1, -0.05) is 0 Å². The second-order valence-electron chi connectivity index (χ2n) is 9.83. The zero-order valence-electron chi connectivity index (χ0n) is 72.3. The van der Waals surface area contributed by atoms with Crippen molar-refractivity contribution in [2.45, 2.75) is 0 Å². The van der Waals surface area contributed by atoms with Gasteiger partial charge in [0, 0.05) is 0 Å². The van der Waals surface area contributed by atoms with E-state index in [0.717, 1.165) is 0 Å². The number of hydrogen-bond donors (Lipinski definition) is 0. The fourth-order valence-electron chi connectivity index (χ4n) is 0. The van der Waals surface area contributed by atoms with Crippen molar-refractivity contribution in [1.82, 2.24) is 0 Å². The van der Waals surface area contributed by atoms with E-state index in [-0.39, 0.29) is 1030 Å². The van der Waals surface area contributed by atoms with E-state index in [1.54, 1.807) is 0 Å². The molecule has 150 heavy (non-hydrogen) atoms. The molecule has 832 valence electrons. The Labute approximate surface area is 1710 Å². The summed E-state index contributed by atoms with van der Waals surface area (Å²) in [5.41, 5.74) is 0. The van der Waals surface area contributed by atoms with Gasteiger partial charge in [0.2, 0.25) is 0 Å². The molecule has 0 aromatic heterocycles. The minimum atomic E-state index is -5.62. The predicted molar refractivity (Wildman–Crippen MR) is 53.5 cm³/mol. The summed E-state index contributed by atoms with van der Waals surface area (Å²) in [5, 5.41) is 0. The molecular formula is K20Mn26O104-6. The SMILES string of the molecule is [K+].[K+].[K+].[K+].[K+].[K+].[K+].[K+].[K+].[K+].[K+].[K+].[K+].[K+].[K+].[K+].[K+].[K+].[K+].[K+].[O]=[Mn](=[O])(=[O])[O-].[O]=[Mn](=[O])(=[O])[O-].[O]=[Mn](=[O])(=[O])[O-].[O]=[Mn](=[O])(=[O])[O-].[O]=[Mn](=[O])(=[O])[O-].[O]=[Mn](=[O])(=[O])[O-].[O]=[Mn](=[O])(=[O])[O-].[O]=[Mn](=[O])(=[O])[O-].[O]=[Mn](=[O])(=[O])[O-].[O]=[Mn](=[O])(=[O])[O-].[O]=[Mn](=[O])(=[O])[O-].[O]=[Mn](=[O])(=[O])[O-].[O]=[Mn](=[O])(=[O])[O-].[O]=[Mn](=[O])(=[O])[O-].[O]=[Mn](=[O])(=[O])[O-].[O]=[Mn](=[O])(=[O])[O-].[O]=[Mn](=[O])(=[O])[O-].[O]=[Mn](=[O])(=[O])[O-].[O]=[Mn](=[O])(=[O])[O-].[O]=[Mn](=[O])(=[O])[O-].[O]=[Mn](=[O])(=[O])[O-].[O]=[Mn](=[O])(=[O])[O-].[O]=[Mn](=[O])(=[O])[O-].[O]=[Mn](=[O])(=[O])[O-].[O]=[Mn](=[O])(=[O])[O-].[O]=[Mn](=[O])(=[O])[O-]. The van der Waals surface area contributed by atoms with E-state index in [9.17, 15) is 0 Å². The zero-order valence-corrected chi connectivity index (χ0v) is 165. The molecule has 0 amide bonds.